The smallest absolute Gasteiger partial charge is 0.166 e. The van der Waals surface area contributed by atoms with Gasteiger partial charge in [0.05, 0.1) is 18.9 Å². The van der Waals surface area contributed by atoms with Crippen LogP contribution in [0.15, 0.2) is 84.0 Å². The van der Waals surface area contributed by atoms with E-state index in [1.807, 2.05) is 19.1 Å². The molecule has 3 aromatic rings. The fourth-order valence-electron chi connectivity index (χ4n) is 4.03. The van der Waals surface area contributed by atoms with E-state index in [0.717, 1.165) is 26.2 Å². The Morgan fingerprint density at radius 2 is 1.48 bits per heavy atom. The van der Waals surface area contributed by atoms with Crippen LogP contribution in [-0.4, -0.2) is 54.0 Å². The number of ether oxygens (including phenoxy) is 1. The number of aromatic hydroxyl groups is 1. The summed E-state index contributed by atoms with van der Waals surface area (Å²) in [6.07, 6.45) is 1.72. The maximum absolute atomic E-state index is 10.4. The molecule has 0 aliphatic carbocycles. The highest BCUT2D eigenvalue weighted by atomic mass is 16.5. The van der Waals surface area contributed by atoms with Gasteiger partial charge in [-0.15, -0.1) is 0 Å². The van der Waals surface area contributed by atoms with Crippen LogP contribution in [0.25, 0.3) is 0 Å². The van der Waals surface area contributed by atoms with Crippen molar-refractivity contribution in [1.82, 2.24) is 9.91 Å². The number of benzene rings is 3. The topological polar surface area (TPSA) is 48.3 Å². The first kappa shape index (κ1) is 20.9. The molecule has 0 spiro atoms. The van der Waals surface area contributed by atoms with Crippen LogP contribution < -0.4 is 4.74 Å². The summed E-state index contributed by atoms with van der Waals surface area (Å²) < 4.78 is 5.46. The Hall–Kier alpha value is -3.31. The van der Waals surface area contributed by atoms with Crippen LogP contribution in [-0.2, 0) is 0 Å². The van der Waals surface area contributed by atoms with Crippen molar-refractivity contribution in [2.24, 2.45) is 5.10 Å². The van der Waals surface area contributed by atoms with E-state index in [9.17, 15) is 5.11 Å². The van der Waals surface area contributed by atoms with Crippen molar-refractivity contribution < 1.29 is 9.84 Å². The van der Waals surface area contributed by atoms with Crippen molar-refractivity contribution in [3.63, 3.8) is 0 Å². The van der Waals surface area contributed by atoms with Gasteiger partial charge in [-0.05, 0) is 30.2 Å². The molecule has 1 aliphatic rings. The Labute approximate surface area is 184 Å². The van der Waals surface area contributed by atoms with Crippen LogP contribution in [0.3, 0.4) is 0 Å². The molecule has 0 radical (unpaired) electrons. The number of para-hydroxylation sites is 1. The number of phenols is 1. The van der Waals surface area contributed by atoms with Crippen molar-refractivity contribution in [2.75, 3.05) is 32.8 Å². The third kappa shape index (κ3) is 5.06. The minimum atomic E-state index is 0.139. The molecule has 1 saturated heterocycles. The van der Waals surface area contributed by atoms with Crippen molar-refractivity contribution in [3.8, 4) is 11.5 Å². The molecule has 0 aromatic heterocycles. The molecule has 0 unspecified atom stereocenters. The van der Waals surface area contributed by atoms with Crippen LogP contribution in [0.2, 0.25) is 0 Å². The van der Waals surface area contributed by atoms with Gasteiger partial charge in [-0.1, -0.05) is 66.7 Å². The van der Waals surface area contributed by atoms with E-state index in [1.54, 1.807) is 12.3 Å². The van der Waals surface area contributed by atoms with Gasteiger partial charge in [0.2, 0.25) is 0 Å². The summed E-state index contributed by atoms with van der Waals surface area (Å²) in [6, 6.07) is 27.1. The molecule has 1 N–H and O–H groups in total. The first-order chi connectivity index (χ1) is 15.3. The van der Waals surface area contributed by atoms with Crippen molar-refractivity contribution in [2.45, 2.75) is 13.0 Å². The molecular formula is C26H29N3O2. The Morgan fingerprint density at radius 1 is 0.871 bits per heavy atom. The zero-order valence-electron chi connectivity index (χ0n) is 17.9. The minimum Gasteiger partial charge on any atom is -0.504 e. The number of rotatable bonds is 7. The van der Waals surface area contributed by atoms with Crippen molar-refractivity contribution in [1.29, 1.82) is 0 Å². The highest BCUT2D eigenvalue weighted by molar-refractivity contribution is 5.84. The highest BCUT2D eigenvalue weighted by Crippen LogP contribution is 2.30. The largest absolute Gasteiger partial charge is 0.504 e. The second-order valence-corrected chi connectivity index (χ2v) is 7.59. The fourth-order valence-corrected chi connectivity index (χ4v) is 4.03. The van der Waals surface area contributed by atoms with E-state index in [4.69, 9.17) is 4.74 Å². The molecule has 160 valence electrons. The Bertz CT molecular complexity index is 945. The van der Waals surface area contributed by atoms with Crippen LogP contribution >= 0.6 is 0 Å². The molecule has 5 heteroatoms. The van der Waals surface area contributed by atoms with Crippen LogP contribution in [0.1, 0.15) is 29.7 Å². The SMILES string of the molecule is CCOc1cccc(/C=N\N2CCN(C(c3ccccc3)c3ccccc3)CC2)c1O. The summed E-state index contributed by atoms with van der Waals surface area (Å²) in [5, 5.41) is 17.1. The van der Waals surface area contributed by atoms with E-state index in [2.05, 4.69) is 75.7 Å². The number of piperazine rings is 1. The zero-order valence-corrected chi connectivity index (χ0v) is 17.9. The van der Waals surface area contributed by atoms with Gasteiger partial charge >= 0.3 is 0 Å². The average Bonchev–Trinajstić information content (AvgIpc) is 2.82. The van der Waals surface area contributed by atoms with Crippen molar-refractivity contribution in [3.05, 3.63) is 95.6 Å². The summed E-state index contributed by atoms with van der Waals surface area (Å²) in [4.78, 5) is 2.52. The quantitative estimate of drug-likeness (QED) is 0.576. The third-order valence-corrected chi connectivity index (χ3v) is 5.58. The van der Waals surface area contributed by atoms with Gasteiger partial charge in [0.15, 0.2) is 11.5 Å². The molecule has 1 heterocycles. The maximum atomic E-state index is 10.4. The number of phenolic OH excluding ortho intramolecular Hbond substituents is 1. The summed E-state index contributed by atoms with van der Waals surface area (Å²) in [5.74, 6) is 0.629. The number of hydrogen-bond acceptors (Lipinski definition) is 5. The van der Waals surface area contributed by atoms with E-state index in [-0.39, 0.29) is 11.8 Å². The molecule has 0 bridgehead atoms. The zero-order chi connectivity index (χ0) is 21.5. The summed E-state index contributed by atoms with van der Waals surface area (Å²) in [5.41, 5.74) is 3.28. The van der Waals surface area contributed by atoms with Gasteiger partial charge in [-0.3, -0.25) is 9.91 Å². The monoisotopic (exact) mass is 415 g/mol. The Kier molecular flexibility index (Phi) is 6.85. The lowest BCUT2D eigenvalue weighted by molar-refractivity contribution is 0.113. The van der Waals surface area contributed by atoms with Gasteiger partial charge in [0.25, 0.3) is 0 Å². The second kappa shape index (κ2) is 10.1. The lowest BCUT2D eigenvalue weighted by atomic mass is 9.96. The maximum Gasteiger partial charge on any atom is 0.166 e. The van der Waals surface area contributed by atoms with Crippen LogP contribution in [0.5, 0.6) is 11.5 Å². The predicted octanol–water partition coefficient (Wildman–Crippen LogP) is 4.53. The van der Waals surface area contributed by atoms with E-state index < -0.39 is 0 Å². The lowest BCUT2D eigenvalue weighted by Gasteiger charge is -2.38. The van der Waals surface area contributed by atoms with Gasteiger partial charge in [-0.25, -0.2) is 0 Å². The molecule has 1 fully saturated rings. The average molecular weight is 416 g/mol. The van der Waals surface area contributed by atoms with Gasteiger partial charge in [-0.2, -0.15) is 5.10 Å². The van der Waals surface area contributed by atoms with Gasteiger partial charge < -0.3 is 9.84 Å². The molecule has 0 amide bonds. The summed E-state index contributed by atoms with van der Waals surface area (Å²) in [7, 11) is 0. The van der Waals surface area contributed by atoms with E-state index in [0.29, 0.717) is 17.9 Å². The van der Waals surface area contributed by atoms with Crippen LogP contribution in [0, 0.1) is 0 Å². The molecule has 1 aliphatic heterocycles. The third-order valence-electron chi connectivity index (χ3n) is 5.58. The van der Waals surface area contributed by atoms with Gasteiger partial charge in [0, 0.05) is 31.7 Å². The van der Waals surface area contributed by atoms with E-state index in [1.165, 1.54) is 11.1 Å². The molecule has 31 heavy (non-hydrogen) atoms. The Balaban J connectivity index is 1.45. The Morgan fingerprint density at radius 3 is 2.06 bits per heavy atom. The number of hydrazone groups is 1. The van der Waals surface area contributed by atoms with Gasteiger partial charge in [0.1, 0.15) is 0 Å². The lowest BCUT2D eigenvalue weighted by Crippen LogP contribution is -2.45. The fraction of sp³-hybridized carbons (Fsp3) is 0.269. The van der Waals surface area contributed by atoms with Crippen molar-refractivity contribution >= 4 is 6.21 Å². The normalized spacial score (nSPS) is 15.0. The number of nitrogens with zero attached hydrogens (tertiary/aromatic N) is 3. The molecule has 0 saturated carbocycles. The highest BCUT2D eigenvalue weighted by Gasteiger charge is 2.25. The van der Waals surface area contributed by atoms with Crippen LogP contribution in [0.4, 0.5) is 0 Å². The minimum absolute atomic E-state index is 0.139. The molecule has 3 aromatic carbocycles. The summed E-state index contributed by atoms with van der Waals surface area (Å²) in [6.45, 7) is 5.91. The predicted molar refractivity (Wildman–Crippen MR) is 125 cm³/mol. The second-order valence-electron chi connectivity index (χ2n) is 7.59. The van der Waals surface area contributed by atoms with E-state index >= 15 is 0 Å². The summed E-state index contributed by atoms with van der Waals surface area (Å²) >= 11 is 0. The molecular weight excluding hydrogens is 386 g/mol. The number of hydrogen-bond donors (Lipinski definition) is 1. The first-order valence-electron chi connectivity index (χ1n) is 10.8. The molecule has 4 rings (SSSR count). The first-order valence-corrected chi connectivity index (χ1v) is 10.8. The molecule has 5 nitrogen and oxygen atoms in total. The molecule has 0 atom stereocenters. The standard InChI is InChI=1S/C26H29N3O2/c1-2-31-24-15-9-14-23(26(24)30)20-27-29-18-16-28(17-19-29)25(21-10-5-3-6-11-21)22-12-7-4-8-13-22/h3-15,20,25,30H,2,16-19H2,1H3/b27-20-.